The van der Waals surface area contributed by atoms with Crippen molar-refractivity contribution in [1.29, 1.82) is 0 Å². The topological polar surface area (TPSA) is 15.7 Å². The maximum absolute atomic E-state index is 5.96. The molecule has 0 aromatic heterocycles. The van der Waals surface area contributed by atoms with Crippen molar-refractivity contribution in [2.45, 2.75) is 116 Å². The number of rotatable bonds is 22. The fourth-order valence-electron chi connectivity index (χ4n) is 5.09. The molecule has 1 aliphatic heterocycles. The first-order chi connectivity index (χ1) is 17.3. The van der Waals surface area contributed by atoms with Gasteiger partial charge < -0.3 is 9.64 Å². The lowest BCUT2D eigenvalue weighted by Crippen LogP contribution is -2.46. The van der Waals surface area contributed by atoms with E-state index in [1.54, 1.807) is 0 Å². The molecule has 0 amide bonds. The summed E-state index contributed by atoms with van der Waals surface area (Å²) in [6.45, 7) is 12.9. The number of ether oxygens (including phenoxy) is 1. The molecule has 0 bridgehead atoms. The largest absolute Gasteiger partial charge is 0.494 e. The van der Waals surface area contributed by atoms with E-state index in [1.165, 1.54) is 122 Å². The number of benzene rings is 1. The van der Waals surface area contributed by atoms with Gasteiger partial charge in [0, 0.05) is 31.9 Å². The normalized spacial score (nSPS) is 14.4. The predicted octanol–water partition coefficient (Wildman–Crippen LogP) is 9.03. The van der Waals surface area contributed by atoms with Crippen LogP contribution in [0.2, 0.25) is 0 Å². The molecule has 0 radical (unpaired) electrons. The number of unbranched alkanes of at least 4 members (excludes halogenated alkanes) is 15. The Morgan fingerprint density at radius 3 is 1.83 bits per heavy atom. The van der Waals surface area contributed by atoms with Gasteiger partial charge in [-0.3, -0.25) is 4.90 Å². The molecule has 0 N–H and O–H groups in total. The van der Waals surface area contributed by atoms with Crippen molar-refractivity contribution in [3.05, 3.63) is 36.9 Å². The van der Waals surface area contributed by atoms with E-state index in [0.717, 1.165) is 38.3 Å². The average Bonchev–Trinajstić information content (AvgIpc) is 2.89. The fraction of sp³-hybridized carbons (Fsp3) is 0.750. The summed E-state index contributed by atoms with van der Waals surface area (Å²) in [6, 6.07) is 8.78. The molecule has 1 aromatic rings. The van der Waals surface area contributed by atoms with E-state index < -0.39 is 0 Å². The molecule has 1 aliphatic rings. The minimum Gasteiger partial charge on any atom is -0.494 e. The van der Waals surface area contributed by atoms with E-state index in [4.69, 9.17) is 4.74 Å². The quantitative estimate of drug-likeness (QED) is 0.121. The minimum atomic E-state index is 0.832. The van der Waals surface area contributed by atoms with E-state index >= 15 is 0 Å². The van der Waals surface area contributed by atoms with Crippen LogP contribution in [0.3, 0.4) is 0 Å². The Kier molecular flexibility index (Phi) is 17.6. The summed E-state index contributed by atoms with van der Waals surface area (Å²) in [7, 11) is 0. The summed E-state index contributed by atoms with van der Waals surface area (Å²) in [6.07, 6.45) is 25.2. The van der Waals surface area contributed by atoms with Crippen molar-refractivity contribution < 1.29 is 4.74 Å². The first-order valence-electron chi connectivity index (χ1n) is 15.1. The third-order valence-corrected chi connectivity index (χ3v) is 7.47. The molecule has 1 fully saturated rings. The summed E-state index contributed by atoms with van der Waals surface area (Å²) in [5.41, 5.74) is 1.34. The highest BCUT2D eigenvalue weighted by atomic mass is 16.5. The molecular formula is C32H56N2O. The van der Waals surface area contributed by atoms with Gasteiger partial charge in [0.25, 0.3) is 0 Å². The minimum absolute atomic E-state index is 0.832. The monoisotopic (exact) mass is 484 g/mol. The molecule has 3 heteroatoms. The maximum atomic E-state index is 5.96. The molecule has 0 spiro atoms. The van der Waals surface area contributed by atoms with Crippen LogP contribution >= 0.6 is 0 Å². The zero-order valence-corrected chi connectivity index (χ0v) is 23.2. The Morgan fingerprint density at radius 1 is 0.686 bits per heavy atom. The molecule has 1 heterocycles. The van der Waals surface area contributed by atoms with Crippen molar-refractivity contribution in [2.24, 2.45) is 0 Å². The lowest BCUT2D eigenvalue weighted by molar-refractivity contribution is 0.252. The van der Waals surface area contributed by atoms with Crippen molar-refractivity contribution in [3.8, 4) is 5.75 Å². The Balaban J connectivity index is 1.45. The van der Waals surface area contributed by atoms with Crippen LogP contribution in [0, 0.1) is 0 Å². The average molecular weight is 485 g/mol. The van der Waals surface area contributed by atoms with E-state index in [9.17, 15) is 0 Å². The van der Waals surface area contributed by atoms with Gasteiger partial charge in [0.05, 0.1) is 6.61 Å². The summed E-state index contributed by atoms with van der Waals surface area (Å²) < 4.78 is 5.96. The molecule has 2 rings (SSSR count). The number of piperazine rings is 1. The Hall–Kier alpha value is -1.48. The predicted molar refractivity (Wildman–Crippen MR) is 155 cm³/mol. The Bertz CT molecular complexity index is 606. The standard InChI is InChI=1S/C32H56N2O/c1-3-5-7-9-11-12-13-14-15-17-19-25-33-26-28-34(29-27-33)31-21-23-32(24-22-31)35-30-20-18-16-10-8-6-4-2/h4,21-24H,2-3,5-20,25-30H2,1H3. The molecule has 0 aliphatic carbocycles. The van der Waals surface area contributed by atoms with Gasteiger partial charge in [0.1, 0.15) is 5.75 Å². The van der Waals surface area contributed by atoms with Crippen LogP contribution in [-0.2, 0) is 0 Å². The number of hydrogen-bond acceptors (Lipinski definition) is 3. The van der Waals surface area contributed by atoms with E-state index in [-0.39, 0.29) is 0 Å². The molecule has 3 nitrogen and oxygen atoms in total. The maximum Gasteiger partial charge on any atom is 0.119 e. The van der Waals surface area contributed by atoms with Crippen molar-refractivity contribution in [2.75, 3.05) is 44.2 Å². The first-order valence-corrected chi connectivity index (χ1v) is 15.1. The summed E-state index contributed by atoms with van der Waals surface area (Å²) in [5.74, 6) is 1.01. The van der Waals surface area contributed by atoms with E-state index in [1.807, 2.05) is 6.08 Å². The number of anilines is 1. The number of nitrogens with zero attached hydrogens (tertiary/aromatic N) is 2. The number of allylic oxidation sites excluding steroid dienone is 1. The molecule has 35 heavy (non-hydrogen) atoms. The molecular weight excluding hydrogens is 428 g/mol. The third kappa shape index (κ3) is 14.6. The van der Waals surface area contributed by atoms with Gasteiger partial charge in [0.15, 0.2) is 0 Å². The van der Waals surface area contributed by atoms with E-state index in [2.05, 4.69) is 47.6 Å². The zero-order valence-electron chi connectivity index (χ0n) is 23.2. The van der Waals surface area contributed by atoms with Gasteiger partial charge in [0.2, 0.25) is 0 Å². The van der Waals surface area contributed by atoms with Gasteiger partial charge >= 0.3 is 0 Å². The molecule has 200 valence electrons. The number of hydrogen-bond donors (Lipinski definition) is 0. The molecule has 1 saturated heterocycles. The van der Waals surface area contributed by atoms with Gasteiger partial charge in [-0.1, -0.05) is 96.5 Å². The highest BCUT2D eigenvalue weighted by molar-refractivity contribution is 5.49. The second kappa shape index (κ2) is 20.7. The third-order valence-electron chi connectivity index (χ3n) is 7.47. The lowest BCUT2D eigenvalue weighted by atomic mass is 10.1. The molecule has 0 saturated carbocycles. The van der Waals surface area contributed by atoms with Crippen molar-refractivity contribution in [1.82, 2.24) is 4.90 Å². The van der Waals surface area contributed by atoms with E-state index in [0.29, 0.717) is 0 Å². The van der Waals surface area contributed by atoms with Crippen LogP contribution in [0.1, 0.15) is 116 Å². The van der Waals surface area contributed by atoms with Crippen LogP contribution in [0.5, 0.6) is 5.75 Å². The highest BCUT2D eigenvalue weighted by Gasteiger charge is 2.16. The van der Waals surface area contributed by atoms with Crippen molar-refractivity contribution in [3.63, 3.8) is 0 Å². The summed E-state index contributed by atoms with van der Waals surface area (Å²) in [4.78, 5) is 5.20. The molecule has 0 atom stereocenters. The van der Waals surface area contributed by atoms with Crippen LogP contribution in [-0.4, -0.2) is 44.2 Å². The first kappa shape index (κ1) is 29.7. The van der Waals surface area contributed by atoms with Crippen molar-refractivity contribution >= 4 is 5.69 Å². The van der Waals surface area contributed by atoms with Crippen LogP contribution < -0.4 is 9.64 Å². The van der Waals surface area contributed by atoms with Gasteiger partial charge in [-0.15, -0.1) is 6.58 Å². The molecule has 1 aromatic carbocycles. The van der Waals surface area contributed by atoms with Crippen LogP contribution in [0.4, 0.5) is 5.69 Å². The van der Waals surface area contributed by atoms with Crippen LogP contribution in [0.15, 0.2) is 36.9 Å². The van der Waals surface area contributed by atoms with Gasteiger partial charge in [-0.05, 0) is 56.5 Å². The smallest absolute Gasteiger partial charge is 0.119 e. The Labute approximate surface area is 218 Å². The zero-order chi connectivity index (χ0) is 24.8. The summed E-state index contributed by atoms with van der Waals surface area (Å²) in [5, 5.41) is 0. The fourth-order valence-corrected chi connectivity index (χ4v) is 5.09. The molecule has 0 unspecified atom stereocenters. The second-order valence-corrected chi connectivity index (χ2v) is 10.6. The summed E-state index contributed by atoms with van der Waals surface area (Å²) >= 11 is 0. The van der Waals surface area contributed by atoms with Crippen LogP contribution in [0.25, 0.3) is 0 Å². The Morgan fingerprint density at radius 2 is 1.23 bits per heavy atom. The second-order valence-electron chi connectivity index (χ2n) is 10.6. The van der Waals surface area contributed by atoms with Gasteiger partial charge in [-0.2, -0.15) is 0 Å². The highest BCUT2D eigenvalue weighted by Crippen LogP contribution is 2.21. The SMILES string of the molecule is C=CCCCCCCCOc1ccc(N2CCN(CCCCCCCCCCCCC)CC2)cc1. The van der Waals surface area contributed by atoms with Gasteiger partial charge in [-0.25, -0.2) is 0 Å². The lowest BCUT2D eigenvalue weighted by Gasteiger charge is -2.36.